The van der Waals surface area contributed by atoms with Crippen molar-refractivity contribution in [2.75, 3.05) is 6.54 Å². The molecule has 1 aliphatic heterocycles. The SMILES string of the molecule is CCNC(=O)C(=O)C1CCC(=O)N1Cc1ccc(C)s1. The minimum Gasteiger partial charge on any atom is -0.350 e. The first-order valence-corrected chi connectivity index (χ1v) is 7.51. The Kier molecular flexibility index (Phi) is 4.54. The van der Waals surface area contributed by atoms with Crippen LogP contribution in [0.3, 0.4) is 0 Å². The van der Waals surface area contributed by atoms with Gasteiger partial charge in [0.15, 0.2) is 0 Å². The number of likely N-dealkylation sites (N-methyl/N-ethyl adjacent to an activating group) is 1. The van der Waals surface area contributed by atoms with Crippen LogP contribution in [0.1, 0.15) is 29.5 Å². The predicted octanol–water partition coefficient (Wildman–Crippen LogP) is 1.25. The lowest BCUT2D eigenvalue weighted by atomic mass is 10.1. The van der Waals surface area contributed by atoms with Gasteiger partial charge in [0, 0.05) is 22.7 Å². The van der Waals surface area contributed by atoms with E-state index in [4.69, 9.17) is 0 Å². The lowest BCUT2D eigenvalue weighted by Crippen LogP contribution is -2.45. The van der Waals surface area contributed by atoms with E-state index in [1.165, 1.54) is 9.78 Å². The molecule has 1 aliphatic rings. The van der Waals surface area contributed by atoms with E-state index >= 15 is 0 Å². The number of hydrogen-bond acceptors (Lipinski definition) is 4. The number of aryl methyl sites for hydroxylation is 1. The van der Waals surface area contributed by atoms with Crippen LogP contribution in [0.15, 0.2) is 12.1 Å². The number of nitrogens with zero attached hydrogens (tertiary/aromatic N) is 1. The second kappa shape index (κ2) is 6.17. The van der Waals surface area contributed by atoms with Crippen LogP contribution in [0.25, 0.3) is 0 Å². The number of ketones is 1. The van der Waals surface area contributed by atoms with Crippen LogP contribution in [0.2, 0.25) is 0 Å². The predicted molar refractivity (Wildman–Crippen MR) is 76.3 cm³/mol. The Bertz CT molecular complexity index is 538. The highest BCUT2D eigenvalue weighted by Gasteiger charge is 2.38. The summed E-state index contributed by atoms with van der Waals surface area (Å²) in [6, 6.07) is 3.33. The third-order valence-corrected chi connectivity index (χ3v) is 4.30. The molecule has 5 nitrogen and oxygen atoms in total. The van der Waals surface area contributed by atoms with Crippen LogP contribution in [-0.4, -0.2) is 35.1 Å². The number of nitrogens with one attached hydrogen (secondary N) is 1. The van der Waals surface area contributed by atoms with Crippen molar-refractivity contribution < 1.29 is 14.4 Å². The summed E-state index contributed by atoms with van der Waals surface area (Å²) in [4.78, 5) is 39.4. The summed E-state index contributed by atoms with van der Waals surface area (Å²) >= 11 is 1.60. The molecule has 20 heavy (non-hydrogen) atoms. The Hall–Kier alpha value is -1.69. The van der Waals surface area contributed by atoms with Crippen molar-refractivity contribution in [2.45, 2.75) is 39.3 Å². The van der Waals surface area contributed by atoms with Gasteiger partial charge in [0.05, 0.1) is 6.54 Å². The highest BCUT2D eigenvalue weighted by molar-refractivity contribution is 7.11. The van der Waals surface area contributed by atoms with E-state index < -0.39 is 17.7 Å². The molecule has 2 heterocycles. The van der Waals surface area contributed by atoms with E-state index in [0.29, 0.717) is 25.9 Å². The molecular weight excluding hydrogens is 276 g/mol. The Balaban J connectivity index is 2.10. The fraction of sp³-hybridized carbons (Fsp3) is 0.500. The van der Waals surface area contributed by atoms with Crippen molar-refractivity contribution >= 4 is 28.9 Å². The lowest BCUT2D eigenvalue weighted by Gasteiger charge is -2.22. The van der Waals surface area contributed by atoms with Crippen LogP contribution in [0.4, 0.5) is 0 Å². The minimum atomic E-state index is -0.614. The Morgan fingerprint density at radius 3 is 2.80 bits per heavy atom. The quantitative estimate of drug-likeness (QED) is 0.831. The first-order valence-electron chi connectivity index (χ1n) is 6.69. The van der Waals surface area contributed by atoms with Crippen molar-refractivity contribution in [2.24, 2.45) is 0 Å². The first kappa shape index (κ1) is 14.7. The Labute approximate surface area is 122 Å². The summed E-state index contributed by atoms with van der Waals surface area (Å²) in [6.45, 7) is 4.58. The molecule has 1 aromatic heterocycles. The molecule has 1 aromatic rings. The molecule has 2 amide bonds. The maximum atomic E-state index is 12.1. The number of Topliss-reactive ketones (excluding diaryl/α,β-unsaturated/α-hetero) is 1. The zero-order chi connectivity index (χ0) is 14.7. The molecular formula is C14H18N2O3S. The van der Waals surface area contributed by atoms with Crippen LogP contribution in [0.5, 0.6) is 0 Å². The monoisotopic (exact) mass is 294 g/mol. The van der Waals surface area contributed by atoms with Crippen LogP contribution in [0, 0.1) is 6.92 Å². The van der Waals surface area contributed by atoms with E-state index in [2.05, 4.69) is 5.32 Å². The van der Waals surface area contributed by atoms with E-state index in [0.717, 1.165) is 4.88 Å². The van der Waals surface area contributed by atoms with Crippen molar-refractivity contribution in [3.05, 3.63) is 21.9 Å². The van der Waals surface area contributed by atoms with Gasteiger partial charge in [0.25, 0.3) is 5.91 Å². The number of carbonyl (C=O) groups is 3. The molecule has 1 unspecified atom stereocenters. The molecule has 0 radical (unpaired) electrons. The number of carbonyl (C=O) groups excluding carboxylic acids is 3. The molecule has 0 aliphatic carbocycles. The maximum Gasteiger partial charge on any atom is 0.289 e. The van der Waals surface area contributed by atoms with Crippen molar-refractivity contribution in [1.29, 1.82) is 0 Å². The maximum absolute atomic E-state index is 12.1. The molecule has 1 atom stereocenters. The van der Waals surface area contributed by atoms with Gasteiger partial charge in [-0.05, 0) is 32.4 Å². The molecule has 1 fully saturated rings. The van der Waals surface area contributed by atoms with E-state index in [9.17, 15) is 14.4 Å². The standard InChI is InChI=1S/C14H18N2O3S/c1-3-15-14(19)13(18)11-6-7-12(17)16(11)8-10-5-4-9(2)20-10/h4-5,11H,3,6-8H2,1-2H3,(H,15,19). The highest BCUT2D eigenvalue weighted by Crippen LogP contribution is 2.25. The second-order valence-corrected chi connectivity index (χ2v) is 6.18. The molecule has 0 spiro atoms. The summed E-state index contributed by atoms with van der Waals surface area (Å²) in [5.41, 5.74) is 0. The highest BCUT2D eigenvalue weighted by atomic mass is 32.1. The van der Waals surface area contributed by atoms with Gasteiger partial charge in [-0.25, -0.2) is 0 Å². The topological polar surface area (TPSA) is 66.5 Å². The molecule has 0 bridgehead atoms. The fourth-order valence-corrected chi connectivity index (χ4v) is 3.23. The van der Waals surface area contributed by atoms with Gasteiger partial charge in [0.1, 0.15) is 6.04 Å². The number of rotatable bonds is 5. The Morgan fingerprint density at radius 2 is 2.20 bits per heavy atom. The van der Waals surface area contributed by atoms with Gasteiger partial charge in [-0.3, -0.25) is 14.4 Å². The van der Waals surface area contributed by atoms with Crippen molar-refractivity contribution in [3.8, 4) is 0 Å². The molecule has 1 N–H and O–H groups in total. The fourth-order valence-electron chi connectivity index (χ4n) is 2.34. The van der Waals surface area contributed by atoms with Gasteiger partial charge in [0.2, 0.25) is 11.7 Å². The first-order chi connectivity index (χ1) is 9.52. The van der Waals surface area contributed by atoms with Crippen LogP contribution >= 0.6 is 11.3 Å². The van der Waals surface area contributed by atoms with Crippen LogP contribution < -0.4 is 5.32 Å². The van der Waals surface area contributed by atoms with Gasteiger partial charge < -0.3 is 10.2 Å². The summed E-state index contributed by atoms with van der Waals surface area (Å²) in [5, 5.41) is 2.50. The molecule has 0 saturated carbocycles. The van der Waals surface area contributed by atoms with E-state index in [-0.39, 0.29) is 5.91 Å². The second-order valence-electron chi connectivity index (χ2n) is 4.81. The summed E-state index contributed by atoms with van der Waals surface area (Å²) < 4.78 is 0. The molecule has 6 heteroatoms. The average Bonchev–Trinajstić information content (AvgIpc) is 2.97. The van der Waals surface area contributed by atoms with Gasteiger partial charge >= 0.3 is 0 Å². The minimum absolute atomic E-state index is 0.0568. The molecule has 0 aromatic carbocycles. The summed E-state index contributed by atoms with van der Waals surface area (Å²) in [6.07, 6.45) is 0.763. The normalized spacial score (nSPS) is 18.4. The number of thiophene rings is 1. The van der Waals surface area contributed by atoms with Crippen molar-refractivity contribution in [3.63, 3.8) is 0 Å². The number of amides is 2. The third-order valence-electron chi connectivity index (χ3n) is 3.31. The van der Waals surface area contributed by atoms with Crippen LogP contribution in [-0.2, 0) is 20.9 Å². The summed E-state index contributed by atoms with van der Waals surface area (Å²) in [7, 11) is 0. The van der Waals surface area contributed by atoms with Gasteiger partial charge in [-0.2, -0.15) is 0 Å². The average molecular weight is 294 g/mol. The smallest absolute Gasteiger partial charge is 0.289 e. The molecule has 2 rings (SSSR count). The third kappa shape index (κ3) is 3.07. The largest absolute Gasteiger partial charge is 0.350 e. The lowest BCUT2D eigenvalue weighted by molar-refractivity contribution is -0.142. The Morgan fingerprint density at radius 1 is 1.45 bits per heavy atom. The van der Waals surface area contributed by atoms with Gasteiger partial charge in [-0.15, -0.1) is 11.3 Å². The number of likely N-dealkylation sites (tertiary alicyclic amines) is 1. The van der Waals surface area contributed by atoms with E-state index in [1.54, 1.807) is 18.3 Å². The number of hydrogen-bond donors (Lipinski definition) is 1. The molecule has 108 valence electrons. The zero-order valence-electron chi connectivity index (χ0n) is 11.6. The summed E-state index contributed by atoms with van der Waals surface area (Å²) in [5.74, 6) is -1.16. The van der Waals surface area contributed by atoms with Gasteiger partial charge in [-0.1, -0.05) is 0 Å². The zero-order valence-corrected chi connectivity index (χ0v) is 12.5. The van der Waals surface area contributed by atoms with Crippen molar-refractivity contribution in [1.82, 2.24) is 10.2 Å². The molecule has 1 saturated heterocycles. The van der Waals surface area contributed by atoms with E-state index in [1.807, 2.05) is 19.1 Å².